The lowest BCUT2D eigenvalue weighted by atomic mass is 10.2. The van der Waals surface area contributed by atoms with Crippen molar-refractivity contribution >= 4 is 34.7 Å². The first-order valence-corrected chi connectivity index (χ1v) is 4.31. The van der Waals surface area contributed by atoms with E-state index in [2.05, 4.69) is 12.6 Å². The molecule has 0 spiro atoms. The average Bonchev–Trinajstić information content (AvgIpc) is 2.05. The Morgan fingerprint density at radius 2 is 1.92 bits per heavy atom. The van der Waals surface area contributed by atoms with E-state index in [0.717, 1.165) is 10.5 Å². The zero-order valence-corrected chi connectivity index (χ0v) is 8.11. The Labute approximate surface area is 82.7 Å². The summed E-state index contributed by atoms with van der Waals surface area (Å²) in [5.41, 5.74) is 6.36. The van der Waals surface area contributed by atoms with Gasteiger partial charge >= 0.3 is 0 Å². The van der Waals surface area contributed by atoms with Crippen LogP contribution < -0.4 is 5.73 Å². The Balaban J connectivity index is 2.93. The van der Waals surface area contributed by atoms with Crippen LogP contribution in [0, 0.1) is 0 Å². The summed E-state index contributed by atoms with van der Waals surface area (Å²) in [6, 6.07) is 9.75. The molecule has 0 heterocycles. The SMILES string of the molecule is NC(=S)/C=C(\S)c1ccccc1. The summed E-state index contributed by atoms with van der Waals surface area (Å²) in [6.07, 6.45) is 1.66. The first kappa shape index (κ1) is 9.29. The Kier molecular flexibility index (Phi) is 3.31. The summed E-state index contributed by atoms with van der Waals surface area (Å²) < 4.78 is 0. The van der Waals surface area contributed by atoms with Crippen LogP contribution in [0.4, 0.5) is 0 Å². The van der Waals surface area contributed by atoms with Crippen molar-refractivity contribution in [1.29, 1.82) is 0 Å². The molecule has 0 saturated carbocycles. The van der Waals surface area contributed by atoms with Crippen LogP contribution in [-0.4, -0.2) is 4.99 Å². The highest BCUT2D eigenvalue weighted by atomic mass is 32.1. The molecule has 12 heavy (non-hydrogen) atoms. The van der Waals surface area contributed by atoms with Crippen molar-refractivity contribution in [3.63, 3.8) is 0 Å². The van der Waals surface area contributed by atoms with E-state index in [4.69, 9.17) is 18.0 Å². The summed E-state index contributed by atoms with van der Waals surface area (Å²) in [4.78, 5) is 1.15. The van der Waals surface area contributed by atoms with Crippen LogP contribution in [0.3, 0.4) is 0 Å². The first-order valence-electron chi connectivity index (χ1n) is 3.45. The molecule has 0 aliphatic heterocycles. The molecule has 0 bridgehead atoms. The largest absolute Gasteiger partial charge is 0.390 e. The van der Waals surface area contributed by atoms with Gasteiger partial charge in [-0.05, 0) is 11.6 Å². The molecule has 0 aliphatic rings. The van der Waals surface area contributed by atoms with E-state index in [-0.39, 0.29) is 0 Å². The molecule has 2 N–H and O–H groups in total. The van der Waals surface area contributed by atoms with Gasteiger partial charge in [0.2, 0.25) is 0 Å². The Hall–Kier alpha value is -0.800. The van der Waals surface area contributed by atoms with Gasteiger partial charge in [-0.3, -0.25) is 0 Å². The minimum absolute atomic E-state index is 0.351. The third kappa shape index (κ3) is 2.68. The van der Waals surface area contributed by atoms with E-state index < -0.39 is 0 Å². The normalized spacial score (nSPS) is 11.2. The van der Waals surface area contributed by atoms with Crippen LogP contribution in [0.5, 0.6) is 0 Å². The fraction of sp³-hybridized carbons (Fsp3) is 0. The van der Waals surface area contributed by atoms with Crippen molar-refractivity contribution < 1.29 is 0 Å². The lowest BCUT2D eigenvalue weighted by Crippen LogP contribution is -2.02. The van der Waals surface area contributed by atoms with Gasteiger partial charge in [0.25, 0.3) is 0 Å². The van der Waals surface area contributed by atoms with Gasteiger partial charge < -0.3 is 5.73 Å². The molecule has 1 rings (SSSR count). The van der Waals surface area contributed by atoms with Crippen molar-refractivity contribution in [3.05, 3.63) is 42.0 Å². The van der Waals surface area contributed by atoms with Crippen molar-refractivity contribution in [2.45, 2.75) is 0 Å². The van der Waals surface area contributed by atoms with Crippen LogP contribution in [0.2, 0.25) is 0 Å². The number of rotatable bonds is 2. The lowest BCUT2D eigenvalue weighted by molar-refractivity contribution is 1.65. The minimum atomic E-state index is 0.351. The molecular formula is C9H9NS2. The van der Waals surface area contributed by atoms with Crippen molar-refractivity contribution in [2.75, 3.05) is 0 Å². The van der Waals surface area contributed by atoms with Gasteiger partial charge in [-0.25, -0.2) is 0 Å². The van der Waals surface area contributed by atoms with Gasteiger partial charge in [-0.2, -0.15) is 0 Å². The lowest BCUT2D eigenvalue weighted by Gasteiger charge is -1.98. The maximum Gasteiger partial charge on any atom is 0.0973 e. The zero-order valence-electron chi connectivity index (χ0n) is 6.40. The molecule has 1 aromatic carbocycles. The molecule has 0 radical (unpaired) electrons. The molecule has 0 unspecified atom stereocenters. The van der Waals surface area contributed by atoms with Gasteiger partial charge in [-0.1, -0.05) is 42.5 Å². The fourth-order valence-electron chi connectivity index (χ4n) is 0.827. The molecule has 3 heteroatoms. The molecule has 0 fully saturated rings. The van der Waals surface area contributed by atoms with Crippen molar-refractivity contribution in [1.82, 2.24) is 0 Å². The molecule has 0 atom stereocenters. The highest BCUT2D eigenvalue weighted by Crippen LogP contribution is 2.16. The van der Waals surface area contributed by atoms with E-state index in [1.54, 1.807) is 6.08 Å². The minimum Gasteiger partial charge on any atom is -0.390 e. The van der Waals surface area contributed by atoms with E-state index in [0.29, 0.717) is 4.99 Å². The Morgan fingerprint density at radius 3 is 2.42 bits per heavy atom. The second kappa shape index (κ2) is 4.28. The molecule has 1 nitrogen and oxygen atoms in total. The van der Waals surface area contributed by atoms with Gasteiger partial charge in [0, 0.05) is 4.91 Å². The molecule has 62 valence electrons. The predicted octanol–water partition coefficient (Wildman–Crippen LogP) is 2.24. The number of nitrogens with two attached hydrogens (primary N) is 1. The monoisotopic (exact) mass is 195 g/mol. The van der Waals surface area contributed by atoms with E-state index in [1.165, 1.54) is 0 Å². The molecule has 0 amide bonds. The summed E-state index contributed by atoms with van der Waals surface area (Å²) in [6.45, 7) is 0. The average molecular weight is 195 g/mol. The standard InChI is InChI=1S/C9H9NS2/c10-9(12)6-8(11)7-4-2-1-3-5-7/h1-6,11H,(H2,10,12)/b8-6-. The third-order valence-corrected chi connectivity index (χ3v) is 1.85. The van der Waals surface area contributed by atoms with Crippen LogP contribution >= 0.6 is 24.8 Å². The number of thiocarbonyl (C=S) groups is 1. The predicted molar refractivity (Wildman–Crippen MR) is 60.2 cm³/mol. The zero-order chi connectivity index (χ0) is 8.97. The number of benzene rings is 1. The number of hydrogen-bond acceptors (Lipinski definition) is 2. The second-order valence-electron chi connectivity index (χ2n) is 2.30. The maximum atomic E-state index is 5.34. The van der Waals surface area contributed by atoms with Crippen LogP contribution in [0.15, 0.2) is 36.4 Å². The van der Waals surface area contributed by atoms with Gasteiger partial charge in [-0.15, -0.1) is 12.6 Å². The van der Waals surface area contributed by atoms with E-state index in [1.807, 2.05) is 30.3 Å². The van der Waals surface area contributed by atoms with E-state index in [9.17, 15) is 0 Å². The molecule has 1 aromatic rings. The fourth-order valence-corrected chi connectivity index (χ4v) is 1.32. The molecule has 0 aliphatic carbocycles. The van der Waals surface area contributed by atoms with Crippen LogP contribution in [-0.2, 0) is 0 Å². The smallest absolute Gasteiger partial charge is 0.0973 e. The van der Waals surface area contributed by atoms with Gasteiger partial charge in [0.1, 0.15) is 0 Å². The third-order valence-electron chi connectivity index (χ3n) is 1.35. The topological polar surface area (TPSA) is 26.0 Å². The summed E-state index contributed by atoms with van der Waals surface area (Å²) in [7, 11) is 0. The first-order chi connectivity index (χ1) is 5.70. The van der Waals surface area contributed by atoms with E-state index >= 15 is 0 Å². The Morgan fingerprint density at radius 1 is 1.33 bits per heavy atom. The van der Waals surface area contributed by atoms with Crippen LogP contribution in [0.1, 0.15) is 5.56 Å². The molecular weight excluding hydrogens is 186 g/mol. The van der Waals surface area contributed by atoms with Gasteiger partial charge in [0.05, 0.1) is 4.99 Å². The molecule has 0 saturated heterocycles. The number of thiol groups is 1. The maximum absolute atomic E-state index is 5.34. The highest BCUT2D eigenvalue weighted by Gasteiger charge is 1.93. The molecule has 0 aromatic heterocycles. The van der Waals surface area contributed by atoms with Crippen LogP contribution in [0.25, 0.3) is 4.91 Å². The highest BCUT2D eigenvalue weighted by molar-refractivity contribution is 7.90. The quantitative estimate of drug-likeness (QED) is 0.430. The summed E-state index contributed by atoms with van der Waals surface area (Å²) in [5.74, 6) is 0. The number of hydrogen-bond donors (Lipinski definition) is 2. The van der Waals surface area contributed by atoms with Gasteiger partial charge in [0.15, 0.2) is 0 Å². The second-order valence-corrected chi connectivity index (χ2v) is 3.25. The Bertz CT molecular complexity index is 304. The van der Waals surface area contributed by atoms with Crippen molar-refractivity contribution in [2.24, 2.45) is 5.73 Å². The summed E-state index contributed by atoms with van der Waals surface area (Å²) in [5, 5.41) is 0. The van der Waals surface area contributed by atoms with Crippen molar-refractivity contribution in [3.8, 4) is 0 Å². The summed E-state index contributed by atoms with van der Waals surface area (Å²) >= 11 is 8.98.